The first kappa shape index (κ1) is 15.4. The zero-order valence-corrected chi connectivity index (χ0v) is 9.84. The first-order valence-corrected chi connectivity index (χ1v) is 5.46. The highest BCUT2D eigenvalue weighted by molar-refractivity contribution is 5.88. The monoisotopic (exact) mass is 280 g/mol. The number of hydrogen-bond donors (Lipinski definition) is 1. The Bertz CT molecular complexity index is 443. The minimum atomic E-state index is -4.21. The second kappa shape index (κ2) is 6.51. The molecular formula is C12H12F4O3. The number of carboxylic acid groups (broad SMARTS) is 1. The SMILES string of the molecule is O=C(O)c1cc(COCCCC(F)(F)F)ccc1F. The molecule has 0 aromatic heterocycles. The van der Waals surface area contributed by atoms with E-state index in [1.165, 1.54) is 6.07 Å². The predicted octanol–water partition coefficient (Wildman–Crippen LogP) is 3.38. The molecule has 0 saturated carbocycles. The molecule has 7 heteroatoms. The molecule has 0 bridgehead atoms. The lowest BCUT2D eigenvalue weighted by molar-refractivity contribution is -0.138. The molecule has 0 aliphatic carbocycles. The Balaban J connectivity index is 2.42. The van der Waals surface area contributed by atoms with Crippen LogP contribution in [0.25, 0.3) is 0 Å². The largest absolute Gasteiger partial charge is 0.478 e. The molecule has 0 spiro atoms. The fourth-order valence-electron chi connectivity index (χ4n) is 1.39. The lowest BCUT2D eigenvalue weighted by atomic mass is 10.1. The molecule has 0 aliphatic rings. The van der Waals surface area contributed by atoms with Crippen LogP contribution in [0, 0.1) is 5.82 Å². The standard InChI is InChI=1S/C12H12F4O3/c13-10-3-2-8(6-9(10)11(17)18)7-19-5-1-4-12(14,15)16/h2-3,6H,1,4-5,7H2,(H,17,18). The molecule has 0 unspecified atom stereocenters. The summed E-state index contributed by atoms with van der Waals surface area (Å²) in [6.07, 6.45) is -5.32. The quantitative estimate of drug-likeness (QED) is 0.642. The first-order chi connectivity index (χ1) is 8.79. The number of rotatable bonds is 6. The molecule has 1 aromatic carbocycles. The third kappa shape index (κ3) is 5.69. The van der Waals surface area contributed by atoms with Gasteiger partial charge in [-0.1, -0.05) is 6.07 Å². The molecule has 106 valence electrons. The van der Waals surface area contributed by atoms with Crippen LogP contribution >= 0.6 is 0 Å². The lowest BCUT2D eigenvalue weighted by Crippen LogP contribution is -2.09. The van der Waals surface area contributed by atoms with Gasteiger partial charge in [-0.05, 0) is 24.1 Å². The van der Waals surface area contributed by atoms with E-state index in [0.717, 1.165) is 12.1 Å². The van der Waals surface area contributed by atoms with E-state index in [9.17, 15) is 22.4 Å². The van der Waals surface area contributed by atoms with Gasteiger partial charge in [0.15, 0.2) is 0 Å². The third-order valence-corrected chi connectivity index (χ3v) is 2.28. The normalized spacial score (nSPS) is 11.6. The van der Waals surface area contributed by atoms with Crippen molar-refractivity contribution in [2.75, 3.05) is 6.61 Å². The van der Waals surface area contributed by atoms with Crippen LogP contribution in [0.4, 0.5) is 17.6 Å². The summed E-state index contributed by atoms with van der Waals surface area (Å²) in [5.41, 5.74) is -0.0952. The highest BCUT2D eigenvalue weighted by Crippen LogP contribution is 2.21. The maximum absolute atomic E-state index is 13.0. The predicted molar refractivity (Wildman–Crippen MR) is 58.3 cm³/mol. The van der Waals surface area contributed by atoms with E-state index in [0.29, 0.717) is 5.56 Å². The van der Waals surface area contributed by atoms with Crippen molar-refractivity contribution < 1.29 is 32.2 Å². The fraction of sp³-hybridized carbons (Fsp3) is 0.417. The molecule has 0 saturated heterocycles. The topological polar surface area (TPSA) is 46.5 Å². The second-order valence-corrected chi connectivity index (χ2v) is 3.89. The van der Waals surface area contributed by atoms with Crippen molar-refractivity contribution in [1.29, 1.82) is 0 Å². The van der Waals surface area contributed by atoms with Gasteiger partial charge in [0, 0.05) is 13.0 Å². The molecular weight excluding hydrogens is 268 g/mol. The van der Waals surface area contributed by atoms with E-state index in [2.05, 4.69) is 0 Å². The average Bonchev–Trinajstić information content (AvgIpc) is 2.29. The molecule has 0 fully saturated rings. The molecule has 3 nitrogen and oxygen atoms in total. The summed E-state index contributed by atoms with van der Waals surface area (Å²) in [5, 5.41) is 8.68. The van der Waals surface area contributed by atoms with Gasteiger partial charge in [-0.3, -0.25) is 0 Å². The number of carboxylic acids is 1. The van der Waals surface area contributed by atoms with Crippen LogP contribution in [0.5, 0.6) is 0 Å². The van der Waals surface area contributed by atoms with E-state index < -0.39 is 29.9 Å². The van der Waals surface area contributed by atoms with E-state index in [1.54, 1.807) is 0 Å². The number of hydrogen-bond acceptors (Lipinski definition) is 2. The van der Waals surface area contributed by atoms with Crippen molar-refractivity contribution >= 4 is 5.97 Å². The van der Waals surface area contributed by atoms with Gasteiger partial charge < -0.3 is 9.84 Å². The second-order valence-electron chi connectivity index (χ2n) is 3.89. The van der Waals surface area contributed by atoms with E-state index in [4.69, 9.17) is 9.84 Å². The Kier molecular flexibility index (Phi) is 5.29. The number of carbonyl (C=O) groups is 1. The molecule has 0 heterocycles. The van der Waals surface area contributed by atoms with Crippen molar-refractivity contribution in [2.45, 2.75) is 25.6 Å². The minimum Gasteiger partial charge on any atom is -0.478 e. The van der Waals surface area contributed by atoms with E-state index in [1.807, 2.05) is 0 Å². The highest BCUT2D eigenvalue weighted by atomic mass is 19.4. The molecule has 19 heavy (non-hydrogen) atoms. The molecule has 0 radical (unpaired) electrons. The average molecular weight is 280 g/mol. The van der Waals surface area contributed by atoms with Gasteiger partial charge in [-0.25, -0.2) is 9.18 Å². The lowest BCUT2D eigenvalue weighted by Gasteiger charge is -2.07. The van der Waals surface area contributed by atoms with Gasteiger partial charge in [0.2, 0.25) is 0 Å². The summed E-state index contributed by atoms with van der Waals surface area (Å²) in [5.74, 6) is -2.27. The fourth-order valence-corrected chi connectivity index (χ4v) is 1.39. The molecule has 1 rings (SSSR count). The maximum Gasteiger partial charge on any atom is 0.389 e. The number of ether oxygens (including phenoxy) is 1. The zero-order chi connectivity index (χ0) is 14.5. The summed E-state index contributed by atoms with van der Waals surface area (Å²) < 4.78 is 53.5. The van der Waals surface area contributed by atoms with Crippen molar-refractivity contribution in [2.24, 2.45) is 0 Å². The van der Waals surface area contributed by atoms with Gasteiger partial charge >= 0.3 is 12.1 Å². The summed E-state index contributed by atoms with van der Waals surface area (Å²) in [6.45, 7) is -0.155. The van der Waals surface area contributed by atoms with Gasteiger partial charge in [0.25, 0.3) is 0 Å². The molecule has 0 amide bonds. The zero-order valence-electron chi connectivity index (χ0n) is 9.84. The number of alkyl halides is 3. The Labute approximate surface area is 106 Å². The van der Waals surface area contributed by atoms with Gasteiger partial charge in [0.1, 0.15) is 5.82 Å². The first-order valence-electron chi connectivity index (χ1n) is 5.46. The van der Waals surface area contributed by atoms with Crippen molar-refractivity contribution in [1.82, 2.24) is 0 Å². The summed E-state index contributed by atoms with van der Waals surface area (Å²) >= 11 is 0. The number of aromatic carboxylic acids is 1. The van der Waals surface area contributed by atoms with Crippen molar-refractivity contribution in [3.63, 3.8) is 0 Å². The van der Waals surface area contributed by atoms with Gasteiger partial charge in [-0.2, -0.15) is 13.2 Å². The molecule has 0 atom stereocenters. The van der Waals surface area contributed by atoms with Gasteiger partial charge in [0.05, 0.1) is 12.2 Å². The smallest absolute Gasteiger partial charge is 0.389 e. The number of benzene rings is 1. The third-order valence-electron chi connectivity index (χ3n) is 2.28. The summed E-state index contributed by atoms with van der Waals surface area (Å²) in [7, 11) is 0. The van der Waals surface area contributed by atoms with Gasteiger partial charge in [-0.15, -0.1) is 0 Å². The molecule has 1 aromatic rings. The van der Waals surface area contributed by atoms with Crippen molar-refractivity contribution in [3.8, 4) is 0 Å². The maximum atomic E-state index is 13.0. The van der Waals surface area contributed by atoms with Crippen LogP contribution in [-0.4, -0.2) is 23.9 Å². The van der Waals surface area contributed by atoms with E-state index >= 15 is 0 Å². The minimum absolute atomic E-state index is 0.0571. The molecule has 0 aliphatic heterocycles. The Morgan fingerprint density at radius 1 is 1.32 bits per heavy atom. The number of halogens is 4. The molecule has 1 N–H and O–H groups in total. The van der Waals surface area contributed by atoms with Crippen LogP contribution in [0.1, 0.15) is 28.8 Å². The summed E-state index contributed by atoms with van der Waals surface area (Å²) in [4.78, 5) is 10.7. The van der Waals surface area contributed by atoms with Crippen LogP contribution in [0.3, 0.4) is 0 Å². The Morgan fingerprint density at radius 3 is 2.58 bits per heavy atom. The van der Waals surface area contributed by atoms with Crippen LogP contribution in [0.15, 0.2) is 18.2 Å². The van der Waals surface area contributed by atoms with Crippen LogP contribution in [-0.2, 0) is 11.3 Å². The Morgan fingerprint density at radius 2 is 2.00 bits per heavy atom. The van der Waals surface area contributed by atoms with E-state index in [-0.39, 0.29) is 19.6 Å². The van der Waals surface area contributed by atoms with Crippen LogP contribution < -0.4 is 0 Å². The highest BCUT2D eigenvalue weighted by Gasteiger charge is 2.25. The summed E-state index contributed by atoms with van der Waals surface area (Å²) in [6, 6.07) is 3.41. The van der Waals surface area contributed by atoms with Crippen LogP contribution in [0.2, 0.25) is 0 Å². The Hall–Kier alpha value is -1.63. The van der Waals surface area contributed by atoms with Crippen molar-refractivity contribution in [3.05, 3.63) is 35.1 Å².